The summed E-state index contributed by atoms with van der Waals surface area (Å²) < 4.78 is 15.5. The van der Waals surface area contributed by atoms with Gasteiger partial charge in [0.15, 0.2) is 0 Å². The quantitative estimate of drug-likeness (QED) is 0.847. The maximum atomic E-state index is 12.5. The number of methoxy groups -OCH3 is 1. The second-order valence-corrected chi connectivity index (χ2v) is 5.54. The van der Waals surface area contributed by atoms with Crippen molar-refractivity contribution in [3.8, 4) is 5.75 Å². The molecule has 1 fully saturated rings. The zero-order valence-corrected chi connectivity index (χ0v) is 13.3. The van der Waals surface area contributed by atoms with E-state index in [-0.39, 0.29) is 18.4 Å². The summed E-state index contributed by atoms with van der Waals surface area (Å²) >= 11 is 6.00. The summed E-state index contributed by atoms with van der Waals surface area (Å²) in [7, 11) is 1.55. The van der Waals surface area contributed by atoms with Crippen LogP contribution >= 0.6 is 11.6 Å². The molecule has 1 saturated heterocycles. The molecular formula is C15H16ClN3O4. The lowest BCUT2D eigenvalue weighted by Crippen LogP contribution is -2.43. The molecule has 0 spiro atoms. The standard InChI is InChI=1S/C15H16ClN3O4/c1-21-12-6-10(2-3-11(12)16)7-14(20)19-4-5-22-13(8-19)15-17-9-23-18-15/h2-3,6,9,13H,4-5,7-8H2,1H3. The van der Waals surface area contributed by atoms with Crippen LogP contribution in [0.15, 0.2) is 29.1 Å². The zero-order valence-electron chi connectivity index (χ0n) is 12.6. The van der Waals surface area contributed by atoms with E-state index in [0.29, 0.717) is 36.3 Å². The Kier molecular flexibility index (Phi) is 4.78. The molecule has 23 heavy (non-hydrogen) atoms. The molecule has 1 aliphatic rings. The number of hydrogen-bond acceptors (Lipinski definition) is 6. The van der Waals surface area contributed by atoms with Gasteiger partial charge in [0.1, 0.15) is 11.9 Å². The van der Waals surface area contributed by atoms with E-state index in [9.17, 15) is 4.79 Å². The van der Waals surface area contributed by atoms with E-state index >= 15 is 0 Å². The van der Waals surface area contributed by atoms with Crippen LogP contribution in [0.4, 0.5) is 0 Å². The fraction of sp³-hybridized carbons (Fsp3) is 0.400. The lowest BCUT2D eigenvalue weighted by molar-refractivity contribution is -0.138. The minimum absolute atomic E-state index is 0.00571. The van der Waals surface area contributed by atoms with E-state index in [2.05, 4.69) is 10.1 Å². The molecule has 1 aromatic heterocycles. The number of carbonyl (C=O) groups is 1. The lowest BCUT2D eigenvalue weighted by Gasteiger charge is -2.31. The number of hydrogen-bond donors (Lipinski definition) is 0. The van der Waals surface area contributed by atoms with Gasteiger partial charge in [0.2, 0.25) is 18.1 Å². The highest BCUT2D eigenvalue weighted by molar-refractivity contribution is 6.32. The van der Waals surface area contributed by atoms with Crippen LogP contribution in [0.5, 0.6) is 5.75 Å². The van der Waals surface area contributed by atoms with E-state index in [1.54, 1.807) is 24.1 Å². The van der Waals surface area contributed by atoms with Crippen LogP contribution in [0.25, 0.3) is 0 Å². The van der Waals surface area contributed by atoms with Gasteiger partial charge < -0.3 is 18.9 Å². The van der Waals surface area contributed by atoms with Crippen molar-refractivity contribution < 1.29 is 18.8 Å². The number of benzene rings is 1. The highest BCUT2D eigenvalue weighted by Crippen LogP contribution is 2.26. The van der Waals surface area contributed by atoms with E-state index in [1.165, 1.54) is 6.39 Å². The van der Waals surface area contributed by atoms with Gasteiger partial charge in [-0.3, -0.25) is 4.79 Å². The molecule has 2 aromatic rings. The fourth-order valence-electron chi connectivity index (χ4n) is 2.45. The Bertz CT molecular complexity index is 677. The Hall–Kier alpha value is -2.12. The lowest BCUT2D eigenvalue weighted by atomic mass is 10.1. The van der Waals surface area contributed by atoms with Crippen molar-refractivity contribution in [3.63, 3.8) is 0 Å². The molecule has 3 rings (SSSR count). The molecule has 7 nitrogen and oxygen atoms in total. The number of halogens is 1. The first kappa shape index (κ1) is 15.8. The summed E-state index contributed by atoms with van der Waals surface area (Å²) in [6.45, 7) is 1.38. The Morgan fingerprint density at radius 1 is 1.52 bits per heavy atom. The van der Waals surface area contributed by atoms with Crippen molar-refractivity contribution in [2.45, 2.75) is 12.5 Å². The predicted octanol–water partition coefficient (Wildman–Crippen LogP) is 1.87. The summed E-state index contributed by atoms with van der Waals surface area (Å²) in [5.41, 5.74) is 0.846. The van der Waals surface area contributed by atoms with Gasteiger partial charge in [0, 0.05) is 6.54 Å². The molecule has 1 amide bonds. The normalized spacial score (nSPS) is 18.0. The van der Waals surface area contributed by atoms with Gasteiger partial charge in [-0.1, -0.05) is 22.8 Å². The zero-order chi connectivity index (χ0) is 16.2. The van der Waals surface area contributed by atoms with Gasteiger partial charge in [-0.15, -0.1) is 0 Å². The molecule has 1 atom stereocenters. The van der Waals surface area contributed by atoms with Gasteiger partial charge in [0.25, 0.3) is 0 Å². The summed E-state index contributed by atoms with van der Waals surface area (Å²) in [6.07, 6.45) is 1.16. The largest absolute Gasteiger partial charge is 0.495 e. The maximum Gasteiger partial charge on any atom is 0.227 e. The van der Waals surface area contributed by atoms with E-state index in [0.717, 1.165) is 5.56 Å². The smallest absolute Gasteiger partial charge is 0.227 e. The SMILES string of the molecule is COc1cc(CC(=O)N2CCOC(c3ncon3)C2)ccc1Cl. The topological polar surface area (TPSA) is 77.7 Å². The van der Waals surface area contributed by atoms with Crippen LogP contribution in [0.1, 0.15) is 17.5 Å². The van der Waals surface area contributed by atoms with Crippen molar-refractivity contribution in [3.05, 3.63) is 41.0 Å². The third kappa shape index (κ3) is 3.62. The van der Waals surface area contributed by atoms with E-state index < -0.39 is 0 Å². The highest BCUT2D eigenvalue weighted by atomic mass is 35.5. The molecule has 8 heteroatoms. The van der Waals surface area contributed by atoms with Crippen molar-refractivity contribution in [2.75, 3.05) is 26.8 Å². The van der Waals surface area contributed by atoms with E-state index in [4.69, 9.17) is 25.6 Å². The average molecular weight is 338 g/mol. The van der Waals surface area contributed by atoms with Gasteiger partial charge >= 0.3 is 0 Å². The monoisotopic (exact) mass is 337 g/mol. The second kappa shape index (κ2) is 6.97. The number of rotatable bonds is 4. The van der Waals surface area contributed by atoms with E-state index in [1.807, 2.05) is 6.07 Å². The Morgan fingerprint density at radius 2 is 2.39 bits per heavy atom. The van der Waals surface area contributed by atoms with Crippen LogP contribution in [-0.4, -0.2) is 47.8 Å². The van der Waals surface area contributed by atoms with Gasteiger partial charge in [-0.05, 0) is 17.7 Å². The third-order valence-corrected chi connectivity index (χ3v) is 3.97. The average Bonchev–Trinajstić information content (AvgIpc) is 3.11. The molecule has 0 aliphatic carbocycles. The predicted molar refractivity (Wildman–Crippen MR) is 81.3 cm³/mol. The summed E-state index contributed by atoms with van der Waals surface area (Å²) in [5, 5.41) is 4.29. The Labute approximate surface area is 138 Å². The highest BCUT2D eigenvalue weighted by Gasteiger charge is 2.28. The summed E-state index contributed by atoms with van der Waals surface area (Å²) in [6, 6.07) is 5.32. The minimum Gasteiger partial charge on any atom is -0.495 e. The van der Waals surface area contributed by atoms with Crippen molar-refractivity contribution in [1.29, 1.82) is 0 Å². The number of morpholine rings is 1. The molecule has 1 aliphatic heterocycles. The first-order chi connectivity index (χ1) is 11.2. The molecule has 1 aromatic carbocycles. The van der Waals surface area contributed by atoms with Crippen molar-refractivity contribution in [1.82, 2.24) is 15.0 Å². The number of aromatic nitrogens is 2. The molecule has 1 unspecified atom stereocenters. The molecular weight excluding hydrogens is 322 g/mol. The van der Waals surface area contributed by atoms with Gasteiger partial charge in [0.05, 0.1) is 31.7 Å². The van der Waals surface area contributed by atoms with Gasteiger partial charge in [-0.2, -0.15) is 4.98 Å². The van der Waals surface area contributed by atoms with Gasteiger partial charge in [-0.25, -0.2) is 0 Å². The number of nitrogens with zero attached hydrogens (tertiary/aromatic N) is 3. The third-order valence-electron chi connectivity index (χ3n) is 3.66. The molecule has 2 heterocycles. The molecule has 0 radical (unpaired) electrons. The Balaban J connectivity index is 1.66. The molecule has 0 saturated carbocycles. The van der Waals surface area contributed by atoms with Crippen LogP contribution in [0, 0.1) is 0 Å². The number of carbonyl (C=O) groups excluding carboxylic acids is 1. The molecule has 0 N–H and O–H groups in total. The van der Waals surface area contributed by atoms with Crippen LogP contribution in [-0.2, 0) is 16.0 Å². The molecule has 0 bridgehead atoms. The minimum atomic E-state index is -0.355. The molecule has 122 valence electrons. The maximum absolute atomic E-state index is 12.5. The second-order valence-electron chi connectivity index (χ2n) is 5.13. The number of amides is 1. The van der Waals surface area contributed by atoms with Crippen LogP contribution in [0.2, 0.25) is 5.02 Å². The fourth-order valence-corrected chi connectivity index (χ4v) is 2.65. The first-order valence-corrected chi connectivity index (χ1v) is 7.53. The van der Waals surface area contributed by atoms with Crippen LogP contribution in [0.3, 0.4) is 0 Å². The summed E-state index contributed by atoms with van der Waals surface area (Å²) in [4.78, 5) is 18.2. The van der Waals surface area contributed by atoms with Crippen LogP contribution < -0.4 is 4.74 Å². The van der Waals surface area contributed by atoms with Crippen molar-refractivity contribution in [2.24, 2.45) is 0 Å². The Morgan fingerprint density at radius 3 is 3.13 bits per heavy atom. The summed E-state index contributed by atoms with van der Waals surface area (Å²) in [5.74, 6) is 1.02. The first-order valence-electron chi connectivity index (χ1n) is 7.15. The van der Waals surface area contributed by atoms with Crippen molar-refractivity contribution >= 4 is 17.5 Å². The number of ether oxygens (including phenoxy) is 2.